The van der Waals surface area contributed by atoms with Crippen molar-refractivity contribution in [2.45, 2.75) is 40.0 Å². The van der Waals surface area contributed by atoms with Gasteiger partial charge in [0, 0.05) is 11.4 Å². The molecule has 2 aliphatic rings. The molecule has 1 N–H and O–H groups in total. The molecule has 2 atom stereocenters. The van der Waals surface area contributed by atoms with Crippen LogP contribution >= 0.6 is 11.6 Å². The van der Waals surface area contributed by atoms with Crippen molar-refractivity contribution >= 4 is 33.1 Å². The quantitative estimate of drug-likeness (QED) is 0.893. The third kappa shape index (κ3) is 2.49. The fourth-order valence-electron chi connectivity index (χ4n) is 4.35. The maximum absolute atomic E-state index is 12.7. The van der Waals surface area contributed by atoms with E-state index in [9.17, 15) is 13.2 Å². The van der Waals surface area contributed by atoms with Crippen molar-refractivity contribution in [1.82, 2.24) is 0 Å². The van der Waals surface area contributed by atoms with E-state index in [2.05, 4.69) is 4.72 Å². The molecule has 0 aromatic heterocycles. The number of rotatable bonds is 4. The lowest BCUT2D eigenvalue weighted by Gasteiger charge is -2.36. The second-order valence-electron chi connectivity index (χ2n) is 7.44. The number of halogens is 1. The fraction of sp³-hybridized carbons (Fsp3) is 0.588. The Kier molecular flexibility index (Phi) is 3.80. The van der Waals surface area contributed by atoms with Gasteiger partial charge in [-0.2, -0.15) is 0 Å². The molecule has 1 aromatic carbocycles. The molecule has 0 unspecified atom stereocenters. The van der Waals surface area contributed by atoms with Crippen molar-refractivity contribution in [3.63, 3.8) is 0 Å². The molecule has 126 valence electrons. The molecule has 0 spiro atoms. The molecule has 0 radical (unpaired) electrons. The lowest BCUT2D eigenvalue weighted by atomic mass is 9.70. The molecule has 3 rings (SSSR count). The molecule has 2 saturated carbocycles. The van der Waals surface area contributed by atoms with Crippen molar-refractivity contribution in [1.29, 1.82) is 0 Å². The first-order chi connectivity index (χ1) is 10.6. The molecule has 2 bridgehead atoms. The lowest BCUT2D eigenvalue weighted by Crippen LogP contribution is -2.43. The van der Waals surface area contributed by atoms with Crippen LogP contribution in [0.2, 0.25) is 5.02 Å². The van der Waals surface area contributed by atoms with Crippen LogP contribution in [-0.4, -0.2) is 20.0 Å². The van der Waals surface area contributed by atoms with Gasteiger partial charge in [0.1, 0.15) is 5.78 Å². The van der Waals surface area contributed by atoms with Gasteiger partial charge in [0.05, 0.1) is 16.9 Å². The van der Waals surface area contributed by atoms with Gasteiger partial charge in [-0.1, -0.05) is 31.5 Å². The predicted molar refractivity (Wildman–Crippen MR) is 92.2 cm³/mol. The highest BCUT2D eigenvalue weighted by molar-refractivity contribution is 7.92. The van der Waals surface area contributed by atoms with Crippen molar-refractivity contribution in [3.8, 4) is 0 Å². The van der Waals surface area contributed by atoms with Crippen molar-refractivity contribution in [2.75, 3.05) is 10.5 Å². The van der Waals surface area contributed by atoms with Crippen LogP contribution in [0, 0.1) is 23.7 Å². The Balaban J connectivity index is 1.90. The topological polar surface area (TPSA) is 63.2 Å². The molecule has 0 amide bonds. The van der Waals surface area contributed by atoms with Gasteiger partial charge < -0.3 is 0 Å². The van der Waals surface area contributed by atoms with E-state index in [1.807, 2.05) is 13.8 Å². The Morgan fingerprint density at radius 1 is 1.35 bits per heavy atom. The van der Waals surface area contributed by atoms with Gasteiger partial charge in [0.15, 0.2) is 0 Å². The minimum atomic E-state index is -3.63. The van der Waals surface area contributed by atoms with Crippen molar-refractivity contribution < 1.29 is 13.2 Å². The van der Waals surface area contributed by atoms with Crippen LogP contribution < -0.4 is 4.72 Å². The predicted octanol–water partition coefficient (Wildman–Crippen LogP) is 3.79. The minimum Gasteiger partial charge on any atom is -0.299 e. The smallest absolute Gasteiger partial charge is 0.233 e. The zero-order chi connectivity index (χ0) is 17.0. The molecule has 1 aromatic rings. The normalized spacial score (nSPS) is 29.0. The number of sulfonamides is 1. The number of benzene rings is 1. The van der Waals surface area contributed by atoms with Crippen LogP contribution in [0.25, 0.3) is 0 Å². The van der Waals surface area contributed by atoms with Gasteiger partial charge in [-0.05, 0) is 48.8 Å². The van der Waals surface area contributed by atoms with Crippen LogP contribution in [0.1, 0.15) is 38.7 Å². The van der Waals surface area contributed by atoms with Crippen LogP contribution in [0.15, 0.2) is 18.2 Å². The summed E-state index contributed by atoms with van der Waals surface area (Å²) in [5, 5.41) is 0.515. The molecule has 0 saturated heterocycles. The Morgan fingerprint density at radius 3 is 2.61 bits per heavy atom. The first-order valence-corrected chi connectivity index (χ1v) is 9.91. The van der Waals surface area contributed by atoms with Crippen molar-refractivity contribution in [2.24, 2.45) is 16.7 Å². The summed E-state index contributed by atoms with van der Waals surface area (Å²) >= 11 is 6.05. The summed E-state index contributed by atoms with van der Waals surface area (Å²) < 4.78 is 28.1. The average molecular weight is 356 g/mol. The highest BCUT2D eigenvalue weighted by Crippen LogP contribution is 2.64. The van der Waals surface area contributed by atoms with Gasteiger partial charge in [-0.25, -0.2) is 8.42 Å². The van der Waals surface area contributed by atoms with E-state index in [4.69, 9.17) is 11.6 Å². The number of Topliss-reactive ketones (excluding diaryl/α,β-unsaturated/α-hetero) is 1. The lowest BCUT2D eigenvalue weighted by molar-refractivity contribution is -0.128. The number of nitrogens with one attached hydrogen (secondary N) is 1. The van der Waals surface area contributed by atoms with Crippen LogP contribution in [0.4, 0.5) is 5.69 Å². The second kappa shape index (κ2) is 5.21. The van der Waals surface area contributed by atoms with E-state index in [1.54, 1.807) is 25.1 Å². The van der Waals surface area contributed by atoms with Crippen LogP contribution in [0.5, 0.6) is 0 Å². The average Bonchev–Trinajstić information content (AvgIpc) is 2.77. The SMILES string of the molecule is Cc1c(Cl)cccc1NS(=O)(=O)C[C@]12CC[C@@H](CC1=O)C2(C)C. The van der Waals surface area contributed by atoms with Gasteiger partial charge >= 0.3 is 0 Å². The maximum atomic E-state index is 12.7. The van der Waals surface area contributed by atoms with Crippen molar-refractivity contribution in [3.05, 3.63) is 28.8 Å². The number of carbonyl (C=O) groups is 1. The summed E-state index contributed by atoms with van der Waals surface area (Å²) in [6.07, 6.45) is 2.11. The second-order valence-corrected chi connectivity index (χ2v) is 9.57. The molecule has 4 nitrogen and oxygen atoms in total. The van der Waals surface area contributed by atoms with E-state index in [-0.39, 0.29) is 17.0 Å². The summed E-state index contributed by atoms with van der Waals surface area (Å²) in [7, 11) is -3.63. The van der Waals surface area contributed by atoms with Gasteiger partial charge in [-0.3, -0.25) is 9.52 Å². The van der Waals surface area contributed by atoms with E-state index in [0.29, 0.717) is 35.0 Å². The number of carbonyl (C=O) groups excluding carboxylic acids is 1. The Morgan fingerprint density at radius 2 is 2.04 bits per heavy atom. The van der Waals surface area contributed by atoms with E-state index in [1.165, 1.54) is 0 Å². The first-order valence-electron chi connectivity index (χ1n) is 7.88. The molecule has 0 heterocycles. The van der Waals surface area contributed by atoms with E-state index < -0.39 is 15.4 Å². The van der Waals surface area contributed by atoms with E-state index >= 15 is 0 Å². The number of fused-ring (bicyclic) bond motifs is 2. The monoisotopic (exact) mass is 355 g/mol. The molecule has 6 heteroatoms. The number of ketones is 1. The molecule has 2 aliphatic carbocycles. The molecule has 23 heavy (non-hydrogen) atoms. The highest BCUT2D eigenvalue weighted by Gasteiger charge is 2.65. The Labute approximate surface area is 142 Å². The first kappa shape index (κ1) is 16.8. The molecular formula is C17H22ClNO3S. The van der Waals surface area contributed by atoms with E-state index in [0.717, 1.165) is 6.42 Å². The van der Waals surface area contributed by atoms with Gasteiger partial charge in [-0.15, -0.1) is 0 Å². The number of anilines is 1. The third-order valence-electron chi connectivity index (χ3n) is 6.11. The molecule has 0 aliphatic heterocycles. The Bertz CT molecular complexity index is 772. The molecular weight excluding hydrogens is 334 g/mol. The minimum absolute atomic E-state index is 0.104. The summed E-state index contributed by atoms with van der Waals surface area (Å²) in [6, 6.07) is 5.12. The Hall–Kier alpha value is -1.07. The molecule has 2 fully saturated rings. The number of hydrogen-bond acceptors (Lipinski definition) is 3. The summed E-state index contributed by atoms with van der Waals surface area (Å²) in [4.78, 5) is 12.5. The standard InChI is InChI=1S/C17H22ClNO3S/c1-11-13(18)5-4-6-14(11)19-23(21,22)10-17-8-7-12(9-15(17)20)16(17,2)3/h4-6,12,19H,7-10H2,1-3H3/t12-,17+/m0/s1. The number of hydrogen-bond donors (Lipinski definition) is 1. The largest absolute Gasteiger partial charge is 0.299 e. The van der Waals surface area contributed by atoms with Crippen LogP contribution in [-0.2, 0) is 14.8 Å². The zero-order valence-electron chi connectivity index (χ0n) is 13.6. The zero-order valence-corrected chi connectivity index (χ0v) is 15.2. The summed E-state index contributed by atoms with van der Waals surface area (Å²) in [5.74, 6) is 0.263. The van der Waals surface area contributed by atoms with Gasteiger partial charge in [0.2, 0.25) is 10.0 Å². The summed E-state index contributed by atoms with van der Waals surface area (Å²) in [6.45, 7) is 5.85. The third-order valence-corrected chi connectivity index (χ3v) is 7.92. The maximum Gasteiger partial charge on any atom is 0.233 e. The highest BCUT2D eigenvalue weighted by atomic mass is 35.5. The van der Waals surface area contributed by atoms with Gasteiger partial charge in [0.25, 0.3) is 0 Å². The fourth-order valence-corrected chi connectivity index (χ4v) is 6.48. The van der Waals surface area contributed by atoms with Crippen LogP contribution in [0.3, 0.4) is 0 Å². The summed E-state index contributed by atoms with van der Waals surface area (Å²) in [5.41, 5.74) is 0.154.